The maximum absolute atomic E-state index is 9.79. The smallest absolute Gasteiger partial charge is 0.341 e. The zero-order chi connectivity index (χ0) is 13.9. The zero-order valence-electron chi connectivity index (χ0n) is 9.42. The Kier molecular flexibility index (Phi) is 10.8. The van der Waals surface area contributed by atoms with Gasteiger partial charge in [0.15, 0.2) is 0 Å². The molecule has 0 fully saturated rings. The van der Waals surface area contributed by atoms with Crippen molar-refractivity contribution < 1.29 is 26.1 Å². The van der Waals surface area contributed by atoms with E-state index in [9.17, 15) is 21.6 Å². The normalized spacial score (nSPS) is 10.1. The molecule has 0 radical (unpaired) electrons. The summed E-state index contributed by atoms with van der Waals surface area (Å²) < 4.78 is 58.5. The van der Waals surface area contributed by atoms with Gasteiger partial charge < -0.3 is 4.57 Å². The van der Waals surface area contributed by atoms with Crippen molar-refractivity contribution in [1.82, 2.24) is 9.55 Å². The maximum Gasteiger partial charge on any atom is 0.379 e. The molecule has 0 aromatic carbocycles. The fourth-order valence-electron chi connectivity index (χ4n) is 0.584. The van der Waals surface area contributed by atoms with Gasteiger partial charge in [0.05, 0.1) is 12.1 Å². The summed E-state index contributed by atoms with van der Waals surface area (Å²) in [5.74, 6) is -0.132. The number of aryl methyl sites for hydroxylation is 1. The van der Waals surface area contributed by atoms with Crippen molar-refractivity contribution in [2.45, 2.75) is 20.0 Å². The Balaban J connectivity index is 0. The molecule has 0 aliphatic rings. The molecule has 102 valence electrons. The van der Waals surface area contributed by atoms with Crippen molar-refractivity contribution in [3.05, 3.63) is 18.7 Å². The highest BCUT2D eigenvalue weighted by atomic mass is 32.2. The molecule has 0 aliphatic carbocycles. The predicted molar refractivity (Wildman–Crippen MR) is 57.0 cm³/mol. The highest BCUT2D eigenvalue weighted by Gasteiger charge is 1.98. The summed E-state index contributed by atoms with van der Waals surface area (Å²) in [6, 6.07) is 0. The monoisotopic (exact) mass is 276 g/mol. The molecule has 17 heavy (non-hydrogen) atoms. The van der Waals surface area contributed by atoms with Crippen LogP contribution in [0.1, 0.15) is 13.3 Å². The largest absolute Gasteiger partial charge is 0.379 e. The molecule has 1 N–H and O–H groups in total. The molecular formula is C8H15F3N2O3S. The average molecular weight is 276 g/mol. The second kappa shape index (κ2) is 10.1. The molecule has 0 unspecified atom stereocenters. The molecule has 0 amide bonds. The van der Waals surface area contributed by atoms with Crippen LogP contribution in [0.4, 0.5) is 13.2 Å². The Labute approximate surface area is 98.0 Å². The van der Waals surface area contributed by atoms with Gasteiger partial charge in [-0.05, 0) is 6.42 Å². The van der Waals surface area contributed by atoms with Crippen LogP contribution in [0.25, 0.3) is 0 Å². The van der Waals surface area contributed by atoms with E-state index in [0.29, 0.717) is 6.42 Å². The standard InChI is InChI=1S/C4H6N2.C3H8O3S.CHF3/c1-6-3-2-5-4-6;1-2-3-7(4,5)6;2-1(3)4/h2-4H,1H3;2-3H2,1H3,(H,4,5,6);1H. The van der Waals surface area contributed by atoms with E-state index in [0.717, 1.165) is 0 Å². The molecule has 0 saturated heterocycles. The highest BCUT2D eigenvalue weighted by Crippen LogP contribution is 1.87. The lowest BCUT2D eigenvalue weighted by atomic mass is 10.6. The van der Waals surface area contributed by atoms with Gasteiger partial charge in [-0.15, -0.1) is 0 Å². The van der Waals surface area contributed by atoms with Crippen LogP contribution in [0.2, 0.25) is 0 Å². The summed E-state index contributed by atoms with van der Waals surface area (Å²) >= 11 is 0. The van der Waals surface area contributed by atoms with Gasteiger partial charge in [0, 0.05) is 19.4 Å². The first-order valence-electron chi connectivity index (χ1n) is 4.48. The molecule has 5 nitrogen and oxygen atoms in total. The fraction of sp³-hybridized carbons (Fsp3) is 0.625. The summed E-state index contributed by atoms with van der Waals surface area (Å²) in [4.78, 5) is 3.78. The van der Waals surface area contributed by atoms with Crippen LogP contribution in [0.5, 0.6) is 0 Å². The lowest BCUT2D eigenvalue weighted by Crippen LogP contribution is -2.01. The lowest BCUT2D eigenvalue weighted by molar-refractivity contribution is 0.00819. The summed E-state index contributed by atoms with van der Waals surface area (Å²) in [5.41, 5.74) is 0. The van der Waals surface area contributed by atoms with E-state index in [1.54, 1.807) is 19.4 Å². The average Bonchev–Trinajstić information content (AvgIpc) is 2.53. The highest BCUT2D eigenvalue weighted by molar-refractivity contribution is 7.85. The third-order valence-corrected chi connectivity index (χ3v) is 2.02. The van der Waals surface area contributed by atoms with Crippen LogP contribution in [0, 0.1) is 0 Å². The number of alkyl halides is 3. The van der Waals surface area contributed by atoms with Crippen LogP contribution in [-0.2, 0) is 17.2 Å². The SMILES string of the molecule is CCCS(=O)(=O)O.Cn1ccnc1.FC(F)F. The van der Waals surface area contributed by atoms with Crippen molar-refractivity contribution in [3.8, 4) is 0 Å². The Hall–Kier alpha value is -1.09. The molecule has 9 heteroatoms. The summed E-state index contributed by atoms with van der Waals surface area (Å²) in [6.07, 6.45) is 5.86. The number of halogens is 3. The van der Waals surface area contributed by atoms with Crippen molar-refractivity contribution in [2.75, 3.05) is 5.75 Å². The molecule has 0 atom stereocenters. The van der Waals surface area contributed by atoms with Gasteiger partial charge in [0.1, 0.15) is 0 Å². The Bertz CT molecular complexity index is 351. The minimum atomic E-state index is -3.67. The molecule has 0 spiro atoms. The Morgan fingerprint density at radius 3 is 1.94 bits per heavy atom. The first-order chi connectivity index (χ1) is 7.69. The molecule has 1 rings (SSSR count). The molecule has 0 saturated carbocycles. The minimum absolute atomic E-state index is 0.132. The number of nitrogens with zero attached hydrogens (tertiary/aromatic N) is 2. The molecule has 1 heterocycles. The van der Waals surface area contributed by atoms with Crippen LogP contribution in [0.3, 0.4) is 0 Å². The number of hydrogen-bond acceptors (Lipinski definition) is 3. The van der Waals surface area contributed by atoms with Gasteiger partial charge in [0.25, 0.3) is 10.1 Å². The van der Waals surface area contributed by atoms with Crippen LogP contribution >= 0.6 is 0 Å². The van der Waals surface area contributed by atoms with Crippen molar-refractivity contribution in [2.24, 2.45) is 7.05 Å². The summed E-state index contributed by atoms with van der Waals surface area (Å²) in [6.45, 7) is -1.98. The van der Waals surface area contributed by atoms with E-state index in [4.69, 9.17) is 4.55 Å². The van der Waals surface area contributed by atoms with E-state index in [1.807, 2.05) is 17.8 Å². The Morgan fingerprint density at radius 2 is 1.88 bits per heavy atom. The van der Waals surface area contributed by atoms with Gasteiger partial charge in [-0.3, -0.25) is 4.55 Å². The lowest BCUT2D eigenvalue weighted by Gasteiger charge is -1.85. The second-order valence-corrected chi connectivity index (χ2v) is 4.33. The molecule has 0 aliphatic heterocycles. The predicted octanol–water partition coefficient (Wildman–Crippen LogP) is 1.88. The van der Waals surface area contributed by atoms with Gasteiger partial charge in [-0.2, -0.15) is 21.6 Å². The van der Waals surface area contributed by atoms with Crippen molar-refractivity contribution >= 4 is 10.1 Å². The third-order valence-electron chi connectivity index (χ3n) is 1.10. The maximum atomic E-state index is 9.79. The van der Waals surface area contributed by atoms with Gasteiger partial charge in [0.2, 0.25) is 0 Å². The van der Waals surface area contributed by atoms with Gasteiger partial charge in [-0.1, -0.05) is 6.92 Å². The third kappa shape index (κ3) is 25.3. The quantitative estimate of drug-likeness (QED) is 0.837. The summed E-state index contributed by atoms with van der Waals surface area (Å²) in [7, 11) is -1.74. The molecular weight excluding hydrogens is 261 g/mol. The van der Waals surface area contributed by atoms with Crippen LogP contribution in [-0.4, -0.2) is 35.0 Å². The van der Waals surface area contributed by atoms with E-state index in [1.165, 1.54) is 0 Å². The Morgan fingerprint density at radius 1 is 1.41 bits per heavy atom. The second-order valence-electron chi connectivity index (χ2n) is 2.76. The van der Waals surface area contributed by atoms with E-state index >= 15 is 0 Å². The number of aromatic nitrogens is 2. The number of imidazole rings is 1. The van der Waals surface area contributed by atoms with Crippen LogP contribution < -0.4 is 0 Å². The van der Waals surface area contributed by atoms with E-state index < -0.39 is 16.8 Å². The zero-order valence-corrected chi connectivity index (χ0v) is 10.2. The van der Waals surface area contributed by atoms with E-state index in [-0.39, 0.29) is 5.75 Å². The topological polar surface area (TPSA) is 72.2 Å². The molecule has 1 aromatic heterocycles. The fourth-order valence-corrected chi connectivity index (χ4v) is 1.10. The van der Waals surface area contributed by atoms with E-state index in [2.05, 4.69) is 4.98 Å². The first-order valence-corrected chi connectivity index (χ1v) is 6.09. The minimum Gasteiger partial charge on any atom is -0.341 e. The van der Waals surface area contributed by atoms with Gasteiger partial charge in [-0.25, -0.2) is 4.98 Å². The number of rotatable bonds is 2. The molecule has 1 aromatic rings. The summed E-state index contributed by atoms with van der Waals surface area (Å²) in [5, 5.41) is 0. The first kappa shape index (κ1) is 18.3. The molecule has 0 bridgehead atoms. The van der Waals surface area contributed by atoms with Crippen molar-refractivity contribution in [1.29, 1.82) is 0 Å². The van der Waals surface area contributed by atoms with Crippen LogP contribution in [0.15, 0.2) is 18.7 Å². The van der Waals surface area contributed by atoms with Crippen molar-refractivity contribution in [3.63, 3.8) is 0 Å². The number of hydrogen-bond donors (Lipinski definition) is 1. The van der Waals surface area contributed by atoms with Gasteiger partial charge >= 0.3 is 6.68 Å².